The van der Waals surface area contributed by atoms with Gasteiger partial charge in [-0.2, -0.15) is 0 Å². The molecular weight excluding hydrogens is 210 g/mol. The minimum Gasteiger partial charge on any atom is -0.480 e. The molecule has 16 heavy (non-hydrogen) atoms. The average molecular weight is 227 g/mol. The Kier molecular flexibility index (Phi) is 3.26. The van der Waals surface area contributed by atoms with Crippen molar-refractivity contribution in [1.29, 1.82) is 0 Å². The molecule has 0 heterocycles. The Morgan fingerprint density at radius 1 is 1.56 bits per heavy atom. The van der Waals surface area contributed by atoms with Crippen molar-refractivity contribution < 1.29 is 19.4 Å². The number of ether oxygens (including phenoxy) is 1. The summed E-state index contributed by atoms with van der Waals surface area (Å²) in [7, 11) is 0. The molecule has 0 aromatic carbocycles. The lowest BCUT2D eigenvalue weighted by atomic mass is 10.2. The monoisotopic (exact) mass is 227 g/mol. The van der Waals surface area contributed by atoms with Crippen LogP contribution in [0.3, 0.4) is 0 Å². The minimum atomic E-state index is -1.06. The second-order valence-corrected chi connectivity index (χ2v) is 4.93. The fourth-order valence-electron chi connectivity index (χ4n) is 1.35. The summed E-state index contributed by atoms with van der Waals surface area (Å²) < 4.78 is 4.99. The number of nitrogens with one attached hydrogen (secondary N) is 1. The topological polar surface area (TPSA) is 75.6 Å². The molecule has 0 spiro atoms. The van der Waals surface area contributed by atoms with Crippen LogP contribution in [0.4, 0.5) is 4.79 Å². The zero-order valence-electron chi connectivity index (χ0n) is 9.74. The summed E-state index contributed by atoms with van der Waals surface area (Å²) in [6, 6.07) is -0.928. The Bertz CT molecular complexity index is 329. The minimum absolute atomic E-state index is 0.162. The maximum atomic E-state index is 11.4. The van der Waals surface area contributed by atoms with Gasteiger partial charge in [-0.15, -0.1) is 0 Å². The van der Waals surface area contributed by atoms with Gasteiger partial charge < -0.3 is 15.2 Å². The molecule has 2 atom stereocenters. The van der Waals surface area contributed by atoms with E-state index in [4.69, 9.17) is 9.84 Å². The highest BCUT2D eigenvalue weighted by Crippen LogP contribution is 2.38. The van der Waals surface area contributed by atoms with E-state index in [0.29, 0.717) is 6.42 Å². The van der Waals surface area contributed by atoms with Gasteiger partial charge in [0.05, 0.1) is 0 Å². The van der Waals surface area contributed by atoms with Crippen LogP contribution in [0.25, 0.3) is 0 Å². The smallest absolute Gasteiger partial charge is 0.408 e. The molecule has 1 aliphatic carbocycles. The number of carboxylic acid groups (broad SMARTS) is 1. The van der Waals surface area contributed by atoms with Gasteiger partial charge in [0.15, 0.2) is 0 Å². The molecule has 0 aliphatic heterocycles. The normalized spacial score (nSPS) is 21.2. The summed E-state index contributed by atoms with van der Waals surface area (Å²) in [5, 5.41) is 11.3. The number of hydrogen-bond acceptors (Lipinski definition) is 3. The maximum Gasteiger partial charge on any atom is 0.408 e. The van der Waals surface area contributed by atoms with Crippen LogP contribution >= 0.6 is 0 Å². The van der Waals surface area contributed by atoms with Crippen molar-refractivity contribution in [3.8, 4) is 0 Å². The van der Waals surface area contributed by atoms with Gasteiger partial charge in [0.1, 0.15) is 11.6 Å². The van der Waals surface area contributed by atoms with E-state index >= 15 is 0 Å². The average Bonchev–Trinajstić information content (AvgIpc) is 2.74. The van der Waals surface area contributed by atoms with Crippen LogP contribution in [0.2, 0.25) is 0 Å². The van der Waals surface area contributed by atoms with E-state index in [1.165, 1.54) is 0 Å². The van der Waals surface area contributed by atoms with E-state index in [-0.39, 0.29) is 5.92 Å². The first-order valence-electron chi connectivity index (χ1n) is 5.10. The third-order valence-corrected chi connectivity index (χ3v) is 2.19. The fourth-order valence-corrected chi connectivity index (χ4v) is 1.35. The van der Waals surface area contributed by atoms with Crippen molar-refractivity contribution in [1.82, 2.24) is 5.32 Å². The van der Waals surface area contributed by atoms with Crippen LogP contribution < -0.4 is 5.32 Å². The second-order valence-electron chi connectivity index (χ2n) is 4.93. The van der Waals surface area contributed by atoms with E-state index in [0.717, 1.165) is 5.57 Å². The molecule has 0 bridgehead atoms. The molecule has 2 unspecified atom stereocenters. The molecule has 0 saturated heterocycles. The van der Waals surface area contributed by atoms with E-state index < -0.39 is 23.7 Å². The molecule has 1 fully saturated rings. The zero-order valence-corrected chi connectivity index (χ0v) is 9.74. The molecule has 5 nitrogen and oxygen atoms in total. The number of carbonyl (C=O) groups is 2. The number of hydrogen-bond donors (Lipinski definition) is 2. The van der Waals surface area contributed by atoms with Gasteiger partial charge in [-0.05, 0) is 27.2 Å². The Morgan fingerprint density at radius 2 is 2.06 bits per heavy atom. The second kappa shape index (κ2) is 4.15. The number of amides is 1. The molecule has 1 rings (SSSR count). The van der Waals surface area contributed by atoms with Gasteiger partial charge in [0.2, 0.25) is 0 Å². The van der Waals surface area contributed by atoms with Crippen LogP contribution in [0.1, 0.15) is 27.2 Å². The van der Waals surface area contributed by atoms with Crippen LogP contribution in [-0.2, 0) is 9.53 Å². The van der Waals surface area contributed by atoms with E-state index in [9.17, 15) is 9.59 Å². The zero-order chi connectivity index (χ0) is 12.5. The van der Waals surface area contributed by atoms with Crippen molar-refractivity contribution in [2.24, 2.45) is 5.92 Å². The third kappa shape index (κ3) is 3.56. The van der Waals surface area contributed by atoms with Crippen LogP contribution in [0.15, 0.2) is 12.2 Å². The Morgan fingerprint density at radius 3 is 2.38 bits per heavy atom. The van der Waals surface area contributed by atoms with Gasteiger partial charge in [-0.3, -0.25) is 0 Å². The Balaban J connectivity index is 2.53. The molecule has 5 heteroatoms. The highest BCUT2D eigenvalue weighted by molar-refractivity contribution is 5.81. The molecule has 1 aliphatic rings. The quantitative estimate of drug-likeness (QED) is 0.717. The van der Waals surface area contributed by atoms with Crippen LogP contribution in [0.5, 0.6) is 0 Å². The first kappa shape index (κ1) is 12.5. The summed E-state index contributed by atoms with van der Waals surface area (Å²) in [5.74, 6) is -1.22. The predicted molar refractivity (Wildman–Crippen MR) is 58.0 cm³/mol. The van der Waals surface area contributed by atoms with Gasteiger partial charge in [-0.1, -0.05) is 12.2 Å². The van der Waals surface area contributed by atoms with E-state index in [2.05, 4.69) is 11.9 Å². The lowest BCUT2D eigenvalue weighted by molar-refractivity contribution is -0.139. The summed E-state index contributed by atoms with van der Waals surface area (Å²) >= 11 is 0. The summed E-state index contributed by atoms with van der Waals surface area (Å²) in [6.45, 7) is 8.84. The fraction of sp³-hybridized carbons (Fsp3) is 0.636. The largest absolute Gasteiger partial charge is 0.480 e. The first-order valence-corrected chi connectivity index (χ1v) is 5.10. The van der Waals surface area contributed by atoms with Gasteiger partial charge in [0.25, 0.3) is 0 Å². The van der Waals surface area contributed by atoms with E-state index in [1.54, 1.807) is 20.8 Å². The lowest BCUT2D eigenvalue weighted by Crippen LogP contribution is -2.44. The molecular formula is C11H17NO4. The predicted octanol–water partition coefficient (Wildman–Crippen LogP) is 1.54. The van der Waals surface area contributed by atoms with Crippen LogP contribution in [-0.4, -0.2) is 28.8 Å². The molecule has 0 radical (unpaired) electrons. The number of alkyl carbamates (subject to hydrolysis) is 1. The molecule has 0 aromatic heterocycles. The van der Waals surface area contributed by atoms with Crippen molar-refractivity contribution >= 4 is 12.1 Å². The molecule has 0 aromatic rings. The SMILES string of the molecule is C=C1CC1C(NC(=O)OC(C)(C)C)C(=O)O. The molecule has 90 valence electrons. The van der Waals surface area contributed by atoms with Crippen LogP contribution in [0, 0.1) is 5.92 Å². The van der Waals surface area contributed by atoms with Crippen molar-refractivity contribution in [2.45, 2.75) is 38.8 Å². The van der Waals surface area contributed by atoms with Gasteiger partial charge in [-0.25, -0.2) is 9.59 Å². The highest BCUT2D eigenvalue weighted by Gasteiger charge is 2.41. The number of carbonyl (C=O) groups excluding carboxylic acids is 1. The Hall–Kier alpha value is -1.52. The summed E-state index contributed by atoms with van der Waals surface area (Å²) in [6.07, 6.45) is -0.0631. The van der Waals surface area contributed by atoms with Gasteiger partial charge in [0, 0.05) is 5.92 Å². The standard InChI is InChI=1S/C11H17NO4/c1-6-5-7(6)8(9(13)14)12-10(15)16-11(2,3)4/h7-8H,1,5H2,2-4H3,(H,12,15)(H,13,14). The highest BCUT2D eigenvalue weighted by atomic mass is 16.6. The molecule has 2 N–H and O–H groups in total. The molecule has 1 saturated carbocycles. The molecule has 1 amide bonds. The van der Waals surface area contributed by atoms with Crippen molar-refractivity contribution in [3.05, 3.63) is 12.2 Å². The summed E-state index contributed by atoms with van der Waals surface area (Å²) in [4.78, 5) is 22.3. The van der Waals surface area contributed by atoms with Crippen molar-refractivity contribution in [3.63, 3.8) is 0 Å². The number of rotatable bonds is 3. The number of carboxylic acids is 1. The Labute approximate surface area is 94.5 Å². The first-order chi connectivity index (χ1) is 7.20. The summed E-state index contributed by atoms with van der Waals surface area (Å²) in [5.41, 5.74) is 0.219. The lowest BCUT2D eigenvalue weighted by Gasteiger charge is -2.21. The van der Waals surface area contributed by atoms with Crippen molar-refractivity contribution in [2.75, 3.05) is 0 Å². The third-order valence-electron chi connectivity index (χ3n) is 2.19. The number of aliphatic carboxylic acids is 1. The maximum absolute atomic E-state index is 11.4. The van der Waals surface area contributed by atoms with E-state index in [1.807, 2.05) is 0 Å². The van der Waals surface area contributed by atoms with Gasteiger partial charge >= 0.3 is 12.1 Å².